The van der Waals surface area contributed by atoms with Crippen molar-refractivity contribution in [3.05, 3.63) is 35.9 Å². The lowest BCUT2D eigenvalue weighted by atomic mass is 10.1. The van der Waals surface area contributed by atoms with Crippen molar-refractivity contribution in [1.82, 2.24) is 5.32 Å². The van der Waals surface area contributed by atoms with Crippen molar-refractivity contribution in [2.24, 2.45) is 0 Å². The summed E-state index contributed by atoms with van der Waals surface area (Å²) in [6.45, 7) is -0.150. The maximum atomic E-state index is 10.4. The Labute approximate surface area is 116 Å². The Bertz CT molecular complexity index is 448. The molecule has 4 nitrogen and oxygen atoms in total. The fourth-order valence-electron chi connectivity index (χ4n) is 1.24. The molecule has 96 valence electrons. The highest BCUT2D eigenvalue weighted by molar-refractivity contribution is 7.89. The number of carboxylic acids is 1. The molecular weight excluding hydrogens is 270 g/mol. The Morgan fingerprint density at radius 1 is 1.28 bits per heavy atom. The van der Waals surface area contributed by atoms with E-state index in [-0.39, 0.29) is 6.54 Å². The van der Waals surface area contributed by atoms with E-state index in [0.717, 1.165) is 5.56 Å². The smallest absolute Gasteiger partial charge is 0.334 e. The zero-order valence-corrected chi connectivity index (χ0v) is 11.1. The molecule has 1 aromatic carbocycles. The molecule has 0 spiro atoms. The number of aliphatic hydroxyl groups is 1. The summed E-state index contributed by atoms with van der Waals surface area (Å²) in [4.78, 5) is 11.2. The van der Waals surface area contributed by atoms with Crippen LogP contribution < -0.4 is 5.32 Å². The average molecular weight is 283 g/mol. The standard InChI is InChI=1S/C12H13NO3S2/c14-9(12(15)16)7-13-11(18)10(17)6-8-4-2-1-3-5-8/h1-5,9,14H,6-7H2,(H,13,18)(H,15,16). The van der Waals surface area contributed by atoms with E-state index < -0.39 is 12.1 Å². The van der Waals surface area contributed by atoms with E-state index in [1.54, 1.807) is 0 Å². The molecule has 0 aliphatic rings. The number of carboxylic acid groups (broad SMARTS) is 1. The first-order valence-electron chi connectivity index (χ1n) is 5.26. The minimum absolute atomic E-state index is 0.150. The molecule has 18 heavy (non-hydrogen) atoms. The van der Waals surface area contributed by atoms with Gasteiger partial charge in [0.2, 0.25) is 0 Å². The molecule has 1 rings (SSSR count). The van der Waals surface area contributed by atoms with E-state index in [2.05, 4.69) is 5.32 Å². The second-order valence-corrected chi connectivity index (χ2v) is 4.55. The predicted molar refractivity (Wildman–Crippen MR) is 77.0 cm³/mol. The Hall–Kier alpha value is -1.37. The van der Waals surface area contributed by atoms with Gasteiger partial charge in [0.1, 0.15) is 4.99 Å². The average Bonchev–Trinajstić information content (AvgIpc) is 2.36. The van der Waals surface area contributed by atoms with Gasteiger partial charge in [0.25, 0.3) is 0 Å². The summed E-state index contributed by atoms with van der Waals surface area (Å²) < 4.78 is 0. The largest absolute Gasteiger partial charge is 0.479 e. The number of nitrogens with one attached hydrogen (secondary N) is 1. The minimum atomic E-state index is -1.48. The molecule has 1 aromatic rings. The molecular formula is C12H13NO3S2. The molecule has 1 atom stereocenters. The van der Waals surface area contributed by atoms with E-state index >= 15 is 0 Å². The second kappa shape index (κ2) is 7.15. The van der Waals surface area contributed by atoms with Crippen molar-refractivity contribution >= 4 is 40.3 Å². The molecule has 0 amide bonds. The zero-order valence-electron chi connectivity index (χ0n) is 9.50. The first-order valence-corrected chi connectivity index (χ1v) is 6.08. The minimum Gasteiger partial charge on any atom is -0.479 e. The number of hydrogen-bond acceptors (Lipinski definition) is 4. The van der Waals surface area contributed by atoms with Gasteiger partial charge in [-0.15, -0.1) is 0 Å². The first kappa shape index (κ1) is 14.7. The van der Waals surface area contributed by atoms with Crippen LogP contribution in [0.25, 0.3) is 0 Å². The maximum absolute atomic E-state index is 10.4. The molecule has 1 unspecified atom stereocenters. The zero-order chi connectivity index (χ0) is 13.5. The van der Waals surface area contributed by atoms with Crippen molar-refractivity contribution in [2.75, 3.05) is 6.54 Å². The number of hydrogen-bond donors (Lipinski definition) is 3. The highest BCUT2D eigenvalue weighted by Crippen LogP contribution is 2.02. The second-order valence-electron chi connectivity index (χ2n) is 3.65. The first-order chi connectivity index (χ1) is 8.50. The lowest BCUT2D eigenvalue weighted by molar-refractivity contribution is -0.146. The maximum Gasteiger partial charge on any atom is 0.334 e. The number of aliphatic hydroxyl groups excluding tert-OH is 1. The number of rotatable bonds is 6. The summed E-state index contributed by atoms with van der Waals surface area (Å²) in [7, 11) is 0. The fourth-order valence-corrected chi connectivity index (χ4v) is 1.63. The van der Waals surface area contributed by atoms with Gasteiger partial charge in [-0.2, -0.15) is 0 Å². The fraction of sp³-hybridized carbons (Fsp3) is 0.250. The summed E-state index contributed by atoms with van der Waals surface area (Å²) in [5.41, 5.74) is 1.03. The quantitative estimate of drug-likeness (QED) is 0.676. The van der Waals surface area contributed by atoms with Crippen LogP contribution in [-0.2, 0) is 11.2 Å². The van der Waals surface area contributed by atoms with Crippen molar-refractivity contribution in [2.45, 2.75) is 12.5 Å². The Morgan fingerprint density at radius 3 is 2.44 bits per heavy atom. The van der Waals surface area contributed by atoms with Gasteiger partial charge in [-0.1, -0.05) is 54.8 Å². The van der Waals surface area contributed by atoms with E-state index in [1.165, 1.54) is 0 Å². The Kier molecular flexibility index (Phi) is 5.84. The monoisotopic (exact) mass is 283 g/mol. The summed E-state index contributed by atoms with van der Waals surface area (Å²) in [6.07, 6.45) is -0.965. The van der Waals surface area contributed by atoms with Crippen LogP contribution in [0.4, 0.5) is 0 Å². The van der Waals surface area contributed by atoms with Gasteiger partial charge >= 0.3 is 5.97 Å². The highest BCUT2D eigenvalue weighted by Gasteiger charge is 2.14. The van der Waals surface area contributed by atoms with E-state index in [0.29, 0.717) is 16.3 Å². The van der Waals surface area contributed by atoms with Crippen molar-refractivity contribution < 1.29 is 15.0 Å². The summed E-state index contributed by atoms with van der Waals surface area (Å²) in [5.74, 6) is -1.29. The Morgan fingerprint density at radius 2 is 1.89 bits per heavy atom. The molecule has 0 aliphatic heterocycles. The third kappa shape index (κ3) is 4.87. The van der Waals surface area contributed by atoms with Gasteiger partial charge in [0.05, 0.1) is 11.4 Å². The molecule has 0 aliphatic carbocycles. The SMILES string of the molecule is O=C(O)C(O)CNC(=S)C(=S)Cc1ccccc1. The molecule has 0 bridgehead atoms. The summed E-state index contributed by atoms with van der Waals surface area (Å²) >= 11 is 10.2. The van der Waals surface area contributed by atoms with Crippen molar-refractivity contribution in [3.8, 4) is 0 Å². The molecule has 6 heteroatoms. The third-order valence-electron chi connectivity index (χ3n) is 2.20. The number of aliphatic carboxylic acids is 1. The predicted octanol–water partition coefficient (Wildman–Crippen LogP) is 0.962. The molecule has 0 fully saturated rings. The van der Waals surface area contributed by atoms with Crippen LogP contribution in [-0.4, -0.2) is 38.7 Å². The van der Waals surface area contributed by atoms with Gasteiger partial charge in [-0.05, 0) is 5.56 Å². The molecule has 0 saturated heterocycles. The van der Waals surface area contributed by atoms with Crippen LogP contribution in [0.15, 0.2) is 30.3 Å². The molecule has 0 saturated carbocycles. The van der Waals surface area contributed by atoms with Gasteiger partial charge in [0.15, 0.2) is 6.10 Å². The summed E-state index contributed by atoms with van der Waals surface area (Å²) in [6, 6.07) is 9.58. The topological polar surface area (TPSA) is 69.6 Å². The van der Waals surface area contributed by atoms with Crippen LogP contribution >= 0.6 is 24.4 Å². The number of carbonyl (C=O) groups is 1. The van der Waals surface area contributed by atoms with E-state index in [1.807, 2.05) is 30.3 Å². The third-order valence-corrected chi connectivity index (χ3v) is 3.07. The van der Waals surface area contributed by atoms with Crippen LogP contribution in [0.5, 0.6) is 0 Å². The van der Waals surface area contributed by atoms with Gasteiger partial charge in [-0.3, -0.25) is 0 Å². The van der Waals surface area contributed by atoms with Crippen LogP contribution in [0, 0.1) is 0 Å². The lowest BCUT2D eigenvalue weighted by Gasteiger charge is -2.11. The number of thiocarbonyl (C=S) groups is 2. The van der Waals surface area contributed by atoms with E-state index in [4.69, 9.17) is 34.6 Å². The van der Waals surface area contributed by atoms with E-state index in [9.17, 15) is 4.79 Å². The lowest BCUT2D eigenvalue weighted by Crippen LogP contribution is -2.38. The molecule has 3 N–H and O–H groups in total. The van der Waals surface area contributed by atoms with Crippen molar-refractivity contribution in [1.29, 1.82) is 0 Å². The molecule has 0 aromatic heterocycles. The normalized spacial score (nSPS) is 11.6. The summed E-state index contributed by atoms with van der Waals surface area (Å²) in [5, 5.41) is 20.2. The van der Waals surface area contributed by atoms with Crippen molar-refractivity contribution in [3.63, 3.8) is 0 Å². The van der Waals surface area contributed by atoms with Crippen LogP contribution in [0.3, 0.4) is 0 Å². The van der Waals surface area contributed by atoms with Gasteiger partial charge < -0.3 is 15.5 Å². The van der Waals surface area contributed by atoms with Crippen LogP contribution in [0.2, 0.25) is 0 Å². The highest BCUT2D eigenvalue weighted by atomic mass is 32.1. The van der Waals surface area contributed by atoms with Gasteiger partial charge in [0, 0.05) is 6.42 Å². The molecule has 0 heterocycles. The number of benzene rings is 1. The van der Waals surface area contributed by atoms with Crippen LogP contribution in [0.1, 0.15) is 5.56 Å². The molecule has 0 radical (unpaired) electrons. The van der Waals surface area contributed by atoms with Gasteiger partial charge in [-0.25, -0.2) is 4.79 Å². The Balaban J connectivity index is 2.43.